The van der Waals surface area contributed by atoms with Crippen molar-refractivity contribution in [2.24, 2.45) is 0 Å². The predicted molar refractivity (Wildman–Crippen MR) is 107 cm³/mol. The summed E-state index contributed by atoms with van der Waals surface area (Å²) in [6.07, 6.45) is 0. The Hall–Kier alpha value is -2.12. The van der Waals surface area contributed by atoms with Gasteiger partial charge in [0, 0.05) is 41.7 Å². The standard InChI is InChI=1S/C20H24BrN3O3/c1-14-12-18(15(2)24(14)17-6-4-16(21)5-7-17)20(26)22(3)13-19(25)23-8-10-27-11-9-23/h4-7,12H,8-11,13H2,1-3H3. The van der Waals surface area contributed by atoms with Crippen molar-refractivity contribution in [3.8, 4) is 5.69 Å². The minimum absolute atomic E-state index is 0.0455. The van der Waals surface area contributed by atoms with Gasteiger partial charge in [-0.15, -0.1) is 0 Å². The van der Waals surface area contributed by atoms with Crippen molar-refractivity contribution in [3.63, 3.8) is 0 Å². The van der Waals surface area contributed by atoms with Crippen LogP contribution in [-0.2, 0) is 9.53 Å². The van der Waals surface area contributed by atoms with Gasteiger partial charge in [-0.25, -0.2) is 0 Å². The first-order valence-corrected chi connectivity index (χ1v) is 9.73. The first-order chi connectivity index (χ1) is 12.9. The van der Waals surface area contributed by atoms with Crippen LogP contribution in [0, 0.1) is 13.8 Å². The molecule has 0 unspecified atom stereocenters. The van der Waals surface area contributed by atoms with E-state index in [2.05, 4.69) is 20.5 Å². The lowest BCUT2D eigenvalue weighted by molar-refractivity contribution is -0.135. The monoisotopic (exact) mass is 433 g/mol. The number of halogens is 1. The largest absolute Gasteiger partial charge is 0.378 e. The number of carbonyl (C=O) groups is 2. The van der Waals surface area contributed by atoms with Crippen LogP contribution in [0.2, 0.25) is 0 Å². The first-order valence-electron chi connectivity index (χ1n) is 8.94. The molecule has 1 fully saturated rings. The number of rotatable bonds is 4. The molecule has 3 rings (SSSR count). The number of nitrogens with zero attached hydrogens (tertiary/aromatic N) is 3. The Morgan fingerprint density at radius 2 is 1.78 bits per heavy atom. The Labute approximate surface area is 167 Å². The van der Waals surface area contributed by atoms with E-state index in [1.54, 1.807) is 11.9 Å². The highest BCUT2D eigenvalue weighted by Crippen LogP contribution is 2.23. The molecule has 2 amide bonds. The van der Waals surface area contributed by atoms with Gasteiger partial charge in [-0.05, 0) is 44.2 Å². The lowest BCUT2D eigenvalue weighted by Crippen LogP contribution is -2.46. The molecule has 0 spiro atoms. The molecule has 0 atom stereocenters. The SMILES string of the molecule is Cc1cc(C(=O)N(C)CC(=O)N2CCOCC2)c(C)n1-c1ccc(Br)cc1. The Bertz CT molecular complexity index is 839. The molecular formula is C20H24BrN3O3. The molecular weight excluding hydrogens is 410 g/mol. The van der Waals surface area contributed by atoms with Gasteiger partial charge < -0.3 is 19.1 Å². The molecule has 0 N–H and O–H groups in total. The number of hydrogen-bond donors (Lipinski definition) is 0. The normalized spacial score (nSPS) is 14.3. The fourth-order valence-corrected chi connectivity index (χ4v) is 3.62. The van der Waals surface area contributed by atoms with Crippen molar-refractivity contribution < 1.29 is 14.3 Å². The van der Waals surface area contributed by atoms with Gasteiger partial charge in [-0.2, -0.15) is 0 Å². The van der Waals surface area contributed by atoms with Gasteiger partial charge in [0.05, 0.1) is 25.3 Å². The van der Waals surface area contributed by atoms with Crippen molar-refractivity contribution in [3.05, 3.63) is 51.8 Å². The highest BCUT2D eigenvalue weighted by atomic mass is 79.9. The van der Waals surface area contributed by atoms with E-state index in [4.69, 9.17) is 4.74 Å². The van der Waals surface area contributed by atoms with Crippen LogP contribution < -0.4 is 0 Å². The minimum Gasteiger partial charge on any atom is -0.378 e. The third-order valence-corrected chi connectivity index (χ3v) is 5.36. The molecule has 144 valence electrons. The van der Waals surface area contributed by atoms with Gasteiger partial charge in [-0.3, -0.25) is 9.59 Å². The number of morpholine rings is 1. The van der Waals surface area contributed by atoms with Crippen molar-refractivity contribution in [2.45, 2.75) is 13.8 Å². The van der Waals surface area contributed by atoms with E-state index in [1.807, 2.05) is 44.2 Å². The first kappa shape index (κ1) is 19.6. The number of carbonyl (C=O) groups excluding carboxylic acids is 2. The maximum absolute atomic E-state index is 12.9. The number of aromatic nitrogens is 1. The molecule has 27 heavy (non-hydrogen) atoms. The molecule has 7 heteroatoms. The molecule has 2 aromatic rings. The third-order valence-electron chi connectivity index (χ3n) is 4.83. The smallest absolute Gasteiger partial charge is 0.255 e. The number of amides is 2. The van der Waals surface area contributed by atoms with Crippen LogP contribution in [0.4, 0.5) is 0 Å². The van der Waals surface area contributed by atoms with Crippen LogP contribution in [0.1, 0.15) is 21.7 Å². The van der Waals surface area contributed by atoms with Crippen molar-refractivity contribution in [1.29, 1.82) is 0 Å². The highest BCUT2D eigenvalue weighted by molar-refractivity contribution is 9.10. The second-order valence-electron chi connectivity index (χ2n) is 6.75. The fourth-order valence-electron chi connectivity index (χ4n) is 3.36. The summed E-state index contributed by atoms with van der Waals surface area (Å²) in [5, 5.41) is 0. The Kier molecular flexibility index (Phi) is 6.01. The lowest BCUT2D eigenvalue weighted by atomic mass is 10.2. The van der Waals surface area contributed by atoms with Crippen LogP contribution in [0.5, 0.6) is 0 Å². The van der Waals surface area contributed by atoms with E-state index in [-0.39, 0.29) is 18.4 Å². The van der Waals surface area contributed by atoms with Crippen molar-refractivity contribution in [1.82, 2.24) is 14.4 Å². The average molecular weight is 434 g/mol. The van der Waals surface area contributed by atoms with Crippen LogP contribution in [0.3, 0.4) is 0 Å². The van der Waals surface area contributed by atoms with Gasteiger partial charge in [0.2, 0.25) is 5.91 Å². The molecule has 0 radical (unpaired) electrons. The summed E-state index contributed by atoms with van der Waals surface area (Å²) in [4.78, 5) is 28.6. The van der Waals surface area contributed by atoms with E-state index < -0.39 is 0 Å². The zero-order chi connectivity index (χ0) is 19.6. The summed E-state index contributed by atoms with van der Waals surface area (Å²) in [6.45, 7) is 6.25. The molecule has 1 aromatic carbocycles. The van der Waals surface area contributed by atoms with Crippen molar-refractivity contribution >= 4 is 27.7 Å². The van der Waals surface area contributed by atoms with Crippen LogP contribution in [0.15, 0.2) is 34.8 Å². The Morgan fingerprint density at radius 1 is 1.15 bits per heavy atom. The zero-order valence-electron chi connectivity index (χ0n) is 15.9. The molecule has 6 nitrogen and oxygen atoms in total. The van der Waals surface area contributed by atoms with Gasteiger partial charge in [0.15, 0.2) is 0 Å². The summed E-state index contributed by atoms with van der Waals surface area (Å²) in [5.74, 6) is -0.191. The average Bonchev–Trinajstić information content (AvgIpc) is 2.96. The summed E-state index contributed by atoms with van der Waals surface area (Å²) in [5.41, 5.74) is 3.46. The maximum atomic E-state index is 12.9. The number of likely N-dealkylation sites (N-methyl/N-ethyl adjacent to an activating group) is 1. The number of benzene rings is 1. The van der Waals surface area contributed by atoms with E-state index in [9.17, 15) is 9.59 Å². The molecule has 0 saturated carbocycles. The predicted octanol–water partition coefficient (Wildman–Crippen LogP) is 2.79. The number of ether oxygens (including phenoxy) is 1. The van der Waals surface area contributed by atoms with Crippen LogP contribution in [0.25, 0.3) is 5.69 Å². The second-order valence-corrected chi connectivity index (χ2v) is 7.67. The van der Waals surface area contributed by atoms with E-state index in [1.165, 1.54) is 4.90 Å². The minimum atomic E-state index is -0.145. The number of aryl methyl sites for hydroxylation is 1. The number of hydrogen-bond acceptors (Lipinski definition) is 3. The van der Waals surface area contributed by atoms with E-state index in [0.29, 0.717) is 31.9 Å². The quantitative estimate of drug-likeness (QED) is 0.744. The Balaban J connectivity index is 1.77. The molecule has 1 aliphatic rings. The lowest BCUT2D eigenvalue weighted by Gasteiger charge is -2.28. The van der Waals surface area contributed by atoms with Gasteiger partial charge in [-0.1, -0.05) is 15.9 Å². The molecule has 1 aromatic heterocycles. The zero-order valence-corrected chi connectivity index (χ0v) is 17.5. The van der Waals surface area contributed by atoms with Crippen molar-refractivity contribution in [2.75, 3.05) is 39.9 Å². The Morgan fingerprint density at radius 3 is 2.41 bits per heavy atom. The van der Waals surface area contributed by atoms with E-state index in [0.717, 1.165) is 21.5 Å². The molecule has 2 heterocycles. The van der Waals surface area contributed by atoms with Gasteiger partial charge >= 0.3 is 0 Å². The second kappa shape index (κ2) is 8.27. The topological polar surface area (TPSA) is 54.8 Å². The molecule has 0 aliphatic carbocycles. The van der Waals surface area contributed by atoms with Crippen LogP contribution in [-0.4, -0.2) is 66.1 Å². The van der Waals surface area contributed by atoms with Gasteiger partial charge in [0.25, 0.3) is 5.91 Å². The summed E-state index contributed by atoms with van der Waals surface area (Å²) < 4.78 is 8.33. The fraction of sp³-hybridized carbons (Fsp3) is 0.400. The summed E-state index contributed by atoms with van der Waals surface area (Å²) >= 11 is 3.44. The third kappa shape index (κ3) is 4.25. The summed E-state index contributed by atoms with van der Waals surface area (Å²) in [7, 11) is 1.67. The highest BCUT2D eigenvalue weighted by Gasteiger charge is 2.24. The molecule has 1 saturated heterocycles. The molecule has 1 aliphatic heterocycles. The molecule has 0 bridgehead atoms. The maximum Gasteiger partial charge on any atom is 0.255 e. The van der Waals surface area contributed by atoms with E-state index >= 15 is 0 Å². The van der Waals surface area contributed by atoms with Crippen LogP contribution >= 0.6 is 15.9 Å². The van der Waals surface area contributed by atoms with Gasteiger partial charge in [0.1, 0.15) is 0 Å². The summed E-state index contributed by atoms with van der Waals surface area (Å²) in [6, 6.07) is 9.84.